The lowest BCUT2D eigenvalue weighted by Crippen LogP contribution is -2.16. The molecule has 4 N–H and O–H groups in total. The summed E-state index contributed by atoms with van der Waals surface area (Å²) in [5, 5.41) is 6.10. The topological polar surface area (TPSA) is 62.5 Å². The van der Waals surface area contributed by atoms with E-state index in [1.165, 1.54) is 4.91 Å². The van der Waals surface area contributed by atoms with E-state index in [2.05, 4.69) is 9.59 Å². The normalized spacial score (nSPS) is 11.6. The third-order valence-electron chi connectivity index (χ3n) is 1.78. The summed E-state index contributed by atoms with van der Waals surface area (Å²) in [6.45, 7) is 0. The van der Waals surface area contributed by atoms with Crippen LogP contribution in [0.5, 0.6) is 0 Å². The minimum absolute atomic E-state index is 0.431. The maximum Gasteiger partial charge on any atom is 0.222 e. The van der Waals surface area contributed by atoms with Gasteiger partial charge in [-0.1, -0.05) is 44.2 Å². The van der Waals surface area contributed by atoms with Gasteiger partial charge in [0.25, 0.3) is 0 Å². The second-order valence-electron chi connectivity index (χ2n) is 2.95. The zero-order valence-corrected chi connectivity index (χ0v) is 11.0. The van der Waals surface area contributed by atoms with Crippen LogP contribution in [0.1, 0.15) is 0 Å². The van der Waals surface area contributed by atoms with Gasteiger partial charge in [-0.2, -0.15) is 0 Å². The van der Waals surface area contributed by atoms with Crippen molar-refractivity contribution in [3.63, 3.8) is 0 Å². The highest BCUT2D eigenvalue weighted by atomic mass is 35.5. The Hall–Kier alpha value is -0.750. The summed E-state index contributed by atoms with van der Waals surface area (Å²) >= 11 is 17.9. The molecule has 4 nitrogen and oxygen atoms in total. The summed E-state index contributed by atoms with van der Waals surface area (Å²) in [6, 6.07) is 5.24. The molecule has 86 valence electrons. The number of halogens is 3. The van der Waals surface area contributed by atoms with Crippen molar-refractivity contribution in [3.05, 3.63) is 38.8 Å². The van der Waals surface area contributed by atoms with Crippen LogP contribution in [-0.4, -0.2) is 14.5 Å². The standard InChI is InChI=1S/C8H8Cl3N4S/c9-5-1-2-6(10)7(3-5)16-4-8(11)13-15(12)14-16/h1-4,13-14H,12H2/q+1. The smallest absolute Gasteiger partial charge is 0.222 e. The highest BCUT2D eigenvalue weighted by molar-refractivity contribution is 7.33. The van der Waals surface area contributed by atoms with Crippen molar-refractivity contribution in [2.45, 2.75) is 0 Å². The van der Waals surface area contributed by atoms with E-state index in [1.54, 1.807) is 23.6 Å². The Balaban J connectivity index is 2.62. The number of aromatic nitrogens is 3. The SMILES string of the molecule is Nn1[nH]c(Cl)c[s+](-c2cc(Cl)ccc2Cl)[nH]1. The van der Waals surface area contributed by atoms with Gasteiger partial charge in [-0.25, -0.2) is 5.10 Å². The van der Waals surface area contributed by atoms with Gasteiger partial charge >= 0.3 is 0 Å². The Labute approximate surface area is 109 Å². The van der Waals surface area contributed by atoms with Crippen molar-refractivity contribution < 1.29 is 0 Å². The summed E-state index contributed by atoms with van der Waals surface area (Å²) in [5.74, 6) is 5.56. The number of aromatic amines is 2. The average Bonchev–Trinajstić information content (AvgIpc) is 2.20. The van der Waals surface area contributed by atoms with Gasteiger partial charge in [-0.15, -0.1) is 0 Å². The molecule has 1 atom stereocenters. The predicted octanol–water partition coefficient (Wildman–Crippen LogP) is 3.68. The van der Waals surface area contributed by atoms with E-state index in [-0.39, 0.29) is 0 Å². The minimum Gasteiger partial charge on any atom is -0.306 e. The molecule has 0 spiro atoms. The molecule has 2 rings (SSSR count). The molecular formula is C8H8Cl3N4S+. The first-order valence-corrected chi connectivity index (χ1v) is 6.61. The van der Waals surface area contributed by atoms with Crippen LogP contribution in [0.25, 0.3) is 4.90 Å². The summed E-state index contributed by atoms with van der Waals surface area (Å²) in [6.07, 6.45) is 0. The molecule has 1 aromatic heterocycles. The molecule has 1 heterocycles. The van der Waals surface area contributed by atoms with Crippen LogP contribution >= 0.6 is 45.5 Å². The lowest BCUT2D eigenvalue weighted by molar-refractivity contribution is 0.698. The number of benzene rings is 1. The quantitative estimate of drug-likeness (QED) is 0.546. The van der Waals surface area contributed by atoms with E-state index >= 15 is 0 Å². The number of rotatable bonds is 1. The first kappa shape index (κ1) is 11.7. The monoisotopic (exact) mass is 297 g/mol. The van der Waals surface area contributed by atoms with Gasteiger partial charge in [0.15, 0.2) is 5.15 Å². The number of hydrogen-bond donors (Lipinski definition) is 3. The minimum atomic E-state index is -0.512. The van der Waals surface area contributed by atoms with Gasteiger partial charge in [-0.05, 0) is 12.1 Å². The molecule has 0 fully saturated rings. The summed E-state index contributed by atoms with van der Waals surface area (Å²) in [4.78, 5) is 2.02. The molecule has 1 unspecified atom stereocenters. The zero-order chi connectivity index (χ0) is 11.7. The van der Waals surface area contributed by atoms with Crippen molar-refractivity contribution in [1.29, 1.82) is 0 Å². The van der Waals surface area contributed by atoms with Crippen molar-refractivity contribution in [3.8, 4) is 4.90 Å². The molecule has 0 aliphatic carbocycles. The van der Waals surface area contributed by atoms with E-state index in [0.717, 1.165) is 4.90 Å². The molecule has 0 saturated heterocycles. The number of nitrogen functional groups attached to an aromatic ring is 1. The maximum absolute atomic E-state index is 6.08. The number of nitrogens with zero attached hydrogens (tertiary/aromatic N) is 1. The Bertz CT molecular complexity index is 529. The second-order valence-corrected chi connectivity index (χ2v) is 5.74. The average molecular weight is 299 g/mol. The Kier molecular flexibility index (Phi) is 3.39. The number of hydrogen-bond acceptors (Lipinski definition) is 1. The van der Waals surface area contributed by atoms with Gasteiger partial charge < -0.3 is 5.84 Å². The van der Waals surface area contributed by atoms with Crippen molar-refractivity contribution in [1.82, 2.24) is 14.5 Å². The summed E-state index contributed by atoms with van der Waals surface area (Å²) in [5.41, 5.74) is 0. The van der Waals surface area contributed by atoms with Gasteiger partial charge in [0.05, 0.1) is 0 Å². The molecule has 0 radical (unpaired) electrons. The molecule has 0 saturated carbocycles. The third-order valence-corrected chi connectivity index (χ3v) is 4.45. The lowest BCUT2D eigenvalue weighted by atomic mass is 10.4. The molecule has 16 heavy (non-hydrogen) atoms. The zero-order valence-electron chi connectivity index (χ0n) is 7.88. The molecule has 0 bridgehead atoms. The fourth-order valence-corrected chi connectivity index (χ4v) is 3.45. The lowest BCUT2D eigenvalue weighted by Gasteiger charge is -2.01. The van der Waals surface area contributed by atoms with Crippen LogP contribution in [-0.2, 0) is 0 Å². The van der Waals surface area contributed by atoms with Crippen LogP contribution in [0, 0.1) is 0 Å². The largest absolute Gasteiger partial charge is 0.306 e. The van der Waals surface area contributed by atoms with Crippen molar-refractivity contribution >= 4 is 45.5 Å². The van der Waals surface area contributed by atoms with E-state index in [0.29, 0.717) is 15.2 Å². The van der Waals surface area contributed by atoms with Crippen LogP contribution in [0.4, 0.5) is 0 Å². The Morgan fingerprint density at radius 3 is 2.69 bits per heavy atom. The van der Waals surface area contributed by atoms with Crippen LogP contribution in [0.3, 0.4) is 0 Å². The number of H-pyrrole nitrogens is 2. The van der Waals surface area contributed by atoms with E-state index in [4.69, 9.17) is 40.6 Å². The van der Waals surface area contributed by atoms with Crippen molar-refractivity contribution in [2.24, 2.45) is 0 Å². The summed E-state index contributed by atoms with van der Waals surface area (Å²) < 4.78 is 2.95. The van der Waals surface area contributed by atoms with Gasteiger partial charge in [0, 0.05) is 11.1 Å². The predicted molar refractivity (Wildman–Crippen MR) is 69.8 cm³/mol. The van der Waals surface area contributed by atoms with Crippen LogP contribution < -0.4 is 5.84 Å². The highest BCUT2D eigenvalue weighted by Crippen LogP contribution is 2.35. The van der Waals surface area contributed by atoms with Crippen LogP contribution in [0.2, 0.25) is 15.2 Å². The first-order chi connectivity index (χ1) is 7.56. The third kappa shape index (κ3) is 2.49. The molecule has 2 aromatic rings. The molecule has 0 aliphatic rings. The van der Waals surface area contributed by atoms with E-state index in [1.807, 2.05) is 0 Å². The maximum atomic E-state index is 6.08. The number of nitrogens with one attached hydrogen (secondary N) is 2. The summed E-state index contributed by atoms with van der Waals surface area (Å²) in [7, 11) is -0.512. The van der Waals surface area contributed by atoms with Gasteiger partial charge in [0.2, 0.25) is 10.3 Å². The van der Waals surface area contributed by atoms with Gasteiger partial charge in [0.1, 0.15) is 15.7 Å². The molecule has 8 heteroatoms. The number of nitrogens with two attached hydrogens (primary N) is 1. The highest BCUT2D eigenvalue weighted by Gasteiger charge is 2.15. The Morgan fingerprint density at radius 2 is 2.00 bits per heavy atom. The van der Waals surface area contributed by atoms with Crippen molar-refractivity contribution in [2.75, 3.05) is 5.84 Å². The molecule has 1 aromatic carbocycles. The molecule has 0 amide bonds. The van der Waals surface area contributed by atoms with Crippen LogP contribution in [0.15, 0.2) is 23.6 Å². The fraction of sp³-hybridized carbons (Fsp3) is 0. The van der Waals surface area contributed by atoms with E-state index in [9.17, 15) is 0 Å². The fourth-order valence-electron chi connectivity index (χ4n) is 1.16. The molecule has 0 aliphatic heterocycles. The Morgan fingerprint density at radius 1 is 1.25 bits per heavy atom. The molecular weight excluding hydrogens is 291 g/mol. The second kappa shape index (κ2) is 4.63. The first-order valence-electron chi connectivity index (χ1n) is 4.19. The van der Waals surface area contributed by atoms with Gasteiger partial charge in [-0.3, -0.25) is 0 Å². The van der Waals surface area contributed by atoms with E-state index < -0.39 is 10.7 Å².